The van der Waals surface area contributed by atoms with Crippen LogP contribution in [0.25, 0.3) is 11.1 Å². The van der Waals surface area contributed by atoms with Crippen molar-refractivity contribution in [3.05, 3.63) is 70.1 Å². The largest absolute Gasteiger partial charge is 0.493 e. The summed E-state index contributed by atoms with van der Waals surface area (Å²) in [6.45, 7) is 0.344. The summed E-state index contributed by atoms with van der Waals surface area (Å²) in [4.78, 5) is 18.2. The Kier molecular flexibility index (Phi) is 5.52. The first-order valence-corrected chi connectivity index (χ1v) is 12.8. The first-order valence-electron chi connectivity index (χ1n) is 12.5. The molecule has 3 heterocycles. The highest BCUT2D eigenvalue weighted by molar-refractivity contribution is 6.31. The van der Waals surface area contributed by atoms with Crippen LogP contribution in [0.3, 0.4) is 0 Å². The van der Waals surface area contributed by atoms with Gasteiger partial charge in [0.2, 0.25) is 18.4 Å². The average molecular weight is 550 g/mol. The molecule has 39 heavy (non-hydrogen) atoms. The Morgan fingerprint density at radius 2 is 1.56 bits per heavy atom. The summed E-state index contributed by atoms with van der Waals surface area (Å²) in [5.74, 6) is 1.37. The minimum atomic E-state index is -0.524. The highest BCUT2D eigenvalue weighted by atomic mass is 35.5. The number of fused-ring (bicyclic) bond motifs is 4. The van der Waals surface area contributed by atoms with Crippen molar-refractivity contribution in [1.82, 2.24) is 4.98 Å². The van der Waals surface area contributed by atoms with E-state index in [-0.39, 0.29) is 31.2 Å². The van der Waals surface area contributed by atoms with Crippen molar-refractivity contribution in [3.8, 4) is 28.7 Å². The van der Waals surface area contributed by atoms with Gasteiger partial charge in [0.05, 0.1) is 39.8 Å². The van der Waals surface area contributed by atoms with Crippen LogP contribution < -0.4 is 23.7 Å². The number of nitrogens with zero attached hydrogens (tertiary/aromatic N) is 1. The fraction of sp³-hybridized carbons (Fsp3) is 0.310. The minimum Gasteiger partial charge on any atom is -0.493 e. The Morgan fingerprint density at radius 3 is 2.23 bits per heavy atom. The molecular formula is C29H24ClNO8. The number of cyclic esters (lactones) is 1. The third-order valence-corrected chi connectivity index (χ3v) is 8.10. The van der Waals surface area contributed by atoms with Gasteiger partial charge in [-0.15, -0.1) is 0 Å². The van der Waals surface area contributed by atoms with E-state index >= 15 is 0 Å². The molecule has 9 nitrogen and oxygen atoms in total. The van der Waals surface area contributed by atoms with Gasteiger partial charge >= 0.3 is 5.97 Å². The van der Waals surface area contributed by atoms with E-state index in [1.807, 2.05) is 30.3 Å². The van der Waals surface area contributed by atoms with E-state index in [0.717, 1.165) is 16.7 Å². The van der Waals surface area contributed by atoms with Crippen LogP contribution in [0.15, 0.2) is 46.9 Å². The molecule has 0 amide bonds. The zero-order valence-electron chi connectivity index (χ0n) is 21.4. The van der Waals surface area contributed by atoms with Gasteiger partial charge in [0.25, 0.3) is 0 Å². The van der Waals surface area contributed by atoms with Crippen molar-refractivity contribution in [2.24, 2.45) is 11.8 Å². The molecule has 2 aliphatic heterocycles. The second kappa shape index (κ2) is 8.98. The number of carbonyl (C=O) groups excluding carboxylic acids is 1. The van der Waals surface area contributed by atoms with Crippen molar-refractivity contribution in [2.45, 2.75) is 11.8 Å². The number of esters is 1. The molecule has 200 valence electrons. The molecule has 1 saturated heterocycles. The van der Waals surface area contributed by atoms with Gasteiger partial charge in [0, 0.05) is 22.9 Å². The zero-order chi connectivity index (χ0) is 26.8. The molecule has 0 N–H and O–H groups in total. The fourth-order valence-corrected chi connectivity index (χ4v) is 6.37. The lowest BCUT2D eigenvalue weighted by Gasteiger charge is -2.38. The molecule has 7 rings (SSSR count). The molecule has 10 heteroatoms. The summed E-state index contributed by atoms with van der Waals surface area (Å²) in [5.41, 5.74) is 3.90. The predicted molar refractivity (Wildman–Crippen MR) is 139 cm³/mol. The fourth-order valence-electron chi connectivity index (χ4n) is 6.21. The molecule has 0 bridgehead atoms. The standard InChI is InChI=1S/C29H24ClNO8/c1-33-22-6-13(7-23(34-2)27(22)35-3)24-15-9-20-21(38-12-37-20)10-16(15)25(17-11-36-29(32)26(17)24)28-31-18-5-4-14(30)8-19(18)39-28/h4-10,17,24-26H,11-12H2,1-3H3/t17-,24-,25-,26+/m1/s1. The number of hydrogen-bond acceptors (Lipinski definition) is 9. The van der Waals surface area contributed by atoms with Crippen LogP contribution in [0.1, 0.15) is 34.4 Å². The first kappa shape index (κ1) is 24.0. The molecule has 0 spiro atoms. The van der Waals surface area contributed by atoms with E-state index in [1.165, 1.54) is 0 Å². The maximum Gasteiger partial charge on any atom is 0.310 e. The van der Waals surface area contributed by atoms with Crippen molar-refractivity contribution >= 4 is 28.7 Å². The van der Waals surface area contributed by atoms with Crippen molar-refractivity contribution in [1.29, 1.82) is 0 Å². The maximum atomic E-state index is 13.4. The summed E-state index contributed by atoms with van der Waals surface area (Å²) in [7, 11) is 4.69. The number of ether oxygens (including phenoxy) is 6. The molecule has 0 unspecified atom stereocenters. The molecular weight excluding hydrogens is 526 g/mol. The van der Waals surface area contributed by atoms with Crippen molar-refractivity contribution in [2.75, 3.05) is 34.7 Å². The Bertz CT molecular complexity index is 1610. The van der Waals surface area contributed by atoms with E-state index in [9.17, 15) is 4.79 Å². The number of carbonyl (C=O) groups is 1. The molecule has 0 radical (unpaired) electrons. The van der Waals surface area contributed by atoms with Crippen LogP contribution in [-0.4, -0.2) is 45.7 Å². The number of methoxy groups -OCH3 is 3. The normalized spacial score (nSPS) is 22.8. The quantitative estimate of drug-likeness (QED) is 0.307. The SMILES string of the molecule is COc1cc([C@@H]2c3cc4c(cc3[C@@H](c3nc5ccc(Cl)cc5o3)[C@H]3COC(=O)[C@H]23)OCO4)cc(OC)c1OC. The number of aromatic nitrogens is 1. The van der Waals surface area contributed by atoms with Gasteiger partial charge in [0.1, 0.15) is 5.52 Å². The Morgan fingerprint density at radius 1 is 0.872 bits per heavy atom. The molecule has 4 aromatic rings. The lowest BCUT2D eigenvalue weighted by molar-refractivity contribution is -0.141. The summed E-state index contributed by atoms with van der Waals surface area (Å²) in [5, 5.41) is 0.553. The topological polar surface area (TPSA) is 98.5 Å². The van der Waals surface area contributed by atoms with Gasteiger partial charge < -0.3 is 32.8 Å². The minimum absolute atomic E-state index is 0.119. The second-order valence-electron chi connectivity index (χ2n) is 9.73. The molecule has 3 aromatic carbocycles. The van der Waals surface area contributed by atoms with Crippen LogP contribution in [0.4, 0.5) is 0 Å². The molecule has 1 aliphatic carbocycles. The smallest absolute Gasteiger partial charge is 0.310 e. The second-order valence-corrected chi connectivity index (χ2v) is 10.2. The Hall–Kier alpha value is -4.11. The molecule has 1 aromatic heterocycles. The van der Waals surface area contributed by atoms with E-state index in [2.05, 4.69) is 0 Å². The molecule has 0 saturated carbocycles. The number of rotatable bonds is 5. The van der Waals surface area contributed by atoms with Crippen molar-refractivity contribution in [3.63, 3.8) is 0 Å². The lowest BCUT2D eigenvalue weighted by Crippen LogP contribution is -2.35. The summed E-state index contributed by atoms with van der Waals surface area (Å²) in [6.07, 6.45) is 0. The highest BCUT2D eigenvalue weighted by Gasteiger charge is 2.54. The third-order valence-electron chi connectivity index (χ3n) is 7.87. The highest BCUT2D eigenvalue weighted by Crippen LogP contribution is 2.57. The zero-order valence-corrected chi connectivity index (χ0v) is 22.1. The Labute approximate surface area is 228 Å². The van der Waals surface area contributed by atoms with E-state index in [0.29, 0.717) is 50.8 Å². The van der Waals surface area contributed by atoms with Crippen molar-refractivity contribution < 1.29 is 37.6 Å². The molecule has 3 aliphatic rings. The number of hydrogen-bond donors (Lipinski definition) is 0. The van der Waals surface area contributed by atoms with E-state index < -0.39 is 11.8 Å². The van der Waals surface area contributed by atoms with Crippen LogP contribution in [-0.2, 0) is 9.53 Å². The van der Waals surface area contributed by atoms with Crippen LogP contribution in [0.5, 0.6) is 28.7 Å². The number of halogens is 1. The first-order chi connectivity index (χ1) is 19.0. The molecule has 1 fully saturated rings. The predicted octanol–water partition coefficient (Wildman–Crippen LogP) is 5.30. The third kappa shape index (κ3) is 3.60. The van der Waals surface area contributed by atoms with Gasteiger partial charge in [-0.05, 0) is 53.1 Å². The van der Waals surface area contributed by atoms with Crippen LogP contribution in [0.2, 0.25) is 5.02 Å². The maximum absolute atomic E-state index is 13.4. The van der Waals surface area contributed by atoms with Gasteiger partial charge in [-0.1, -0.05) is 11.6 Å². The number of benzene rings is 3. The van der Waals surface area contributed by atoms with E-state index in [4.69, 9.17) is 49.4 Å². The van der Waals surface area contributed by atoms with Gasteiger partial charge in [-0.3, -0.25) is 4.79 Å². The van der Waals surface area contributed by atoms with Gasteiger partial charge in [0.15, 0.2) is 28.6 Å². The molecule has 4 atom stereocenters. The van der Waals surface area contributed by atoms with E-state index in [1.54, 1.807) is 33.5 Å². The Balaban J connectivity index is 1.48. The lowest BCUT2D eigenvalue weighted by atomic mass is 9.62. The van der Waals surface area contributed by atoms with Crippen LogP contribution in [0, 0.1) is 11.8 Å². The monoisotopic (exact) mass is 549 g/mol. The summed E-state index contributed by atoms with van der Waals surface area (Å²) in [6, 6.07) is 13.0. The van der Waals surface area contributed by atoms with Gasteiger partial charge in [-0.2, -0.15) is 0 Å². The number of oxazole rings is 1. The van der Waals surface area contributed by atoms with Gasteiger partial charge in [-0.25, -0.2) is 4.98 Å². The summed E-state index contributed by atoms with van der Waals surface area (Å²) >= 11 is 6.21. The van der Waals surface area contributed by atoms with Crippen LogP contribution >= 0.6 is 11.6 Å². The average Bonchev–Trinajstić information content (AvgIpc) is 3.68. The summed E-state index contributed by atoms with van der Waals surface area (Å²) < 4.78 is 40.3.